The average molecular weight is 274 g/mol. The maximum absolute atomic E-state index is 6.14. The van der Waals surface area contributed by atoms with Crippen molar-refractivity contribution in [2.75, 3.05) is 18.1 Å². The van der Waals surface area contributed by atoms with Crippen LogP contribution in [-0.2, 0) is 0 Å². The molecule has 0 radical (unpaired) electrons. The van der Waals surface area contributed by atoms with Gasteiger partial charge in [0.05, 0.1) is 0 Å². The fourth-order valence-electron chi connectivity index (χ4n) is 1.77. The number of hydrogen-bond donors (Lipinski definition) is 2. The maximum Gasteiger partial charge on any atom is 0.130 e. The summed E-state index contributed by atoms with van der Waals surface area (Å²) in [6.45, 7) is 0.793. The molecule has 2 aromatic rings. The van der Waals surface area contributed by atoms with Crippen molar-refractivity contribution in [3.63, 3.8) is 0 Å². The molecular formula is C14H18N4S. The summed E-state index contributed by atoms with van der Waals surface area (Å²) in [5.74, 6) is 0.847. The average Bonchev–Trinajstić information content (AvgIpc) is 2.48. The van der Waals surface area contributed by atoms with Crippen LogP contribution in [-0.4, -0.2) is 22.8 Å². The van der Waals surface area contributed by atoms with Crippen LogP contribution in [0.15, 0.2) is 47.8 Å². The van der Waals surface area contributed by atoms with Gasteiger partial charge in [-0.1, -0.05) is 30.3 Å². The first-order valence-electron chi connectivity index (χ1n) is 6.20. The molecule has 19 heavy (non-hydrogen) atoms. The Hall–Kier alpha value is -1.59. The second-order valence-corrected chi connectivity index (χ2v) is 5.00. The largest absolute Gasteiger partial charge is 0.370 e. The highest BCUT2D eigenvalue weighted by Gasteiger charge is 2.05. The van der Waals surface area contributed by atoms with Crippen LogP contribution in [0.3, 0.4) is 0 Å². The molecule has 1 aromatic carbocycles. The van der Waals surface area contributed by atoms with Crippen molar-refractivity contribution in [3.05, 3.63) is 48.3 Å². The van der Waals surface area contributed by atoms with Crippen molar-refractivity contribution in [3.8, 4) is 0 Å². The monoisotopic (exact) mass is 274 g/mol. The molecule has 2 rings (SSSR count). The SMILES string of the molecule is CSc1cc(NCCC(N)c2ccccc2)ncn1. The standard InChI is InChI=1S/C14H18N4S/c1-19-14-9-13(17-10-18-14)16-8-7-12(15)11-5-3-2-4-6-11/h2-6,9-10,12H,7-8,15H2,1H3,(H,16,17,18). The summed E-state index contributed by atoms with van der Waals surface area (Å²) in [6.07, 6.45) is 4.44. The highest BCUT2D eigenvalue weighted by molar-refractivity contribution is 7.98. The van der Waals surface area contributed by atoms with Crippen molar-refractivity contribution in [1.29, 1.82) is 0 Å². The third-order valence-electron chi connectivity index (χ3n) is 2.84. The van der Waals surface area contributed by atoms with Crippen molar-refractivity contribution in [2.24, 2.45) is 5.73 Å². The number of nitrogens with zero attached hydrogens (tertiary/aromatic N) is 2. The summed E-state index contributed by atoms with van der Waals surface area (Å²) < 4.78 is 0. The van der Waals surface area contributed by atoms with Gasteiger partial charge in [-0.15, -0.1) is 11.8 Å². The molecule has 1 unspecified atom stereocenters. The van der Waals surface area contributed by atoms with Gasteiger partial charge in [-0.3, -0.25) is 0 Å². The zero-order chi connectivity index (χ0) is 13.5. The van der Waals surface area contributed by atoms with E-state index in [9.17, 15) is 0 Å². The number of thioether (sulfide) groups is 1. The van der Waals surface area contributed by atoms with Gasteiger partial charge in [0, 0.05) is 18.7 Å². The van der Waals surface area contributed by atoms with Gasteiger partial charge in [-0.2, -0.15) is 0 Å². The van der Waals surface area contributed by atoms with Gasteiger partial charge < -0.3 is 11.1 Å². The van der Waals surface area contributed by atoms with Crippen LogP contribution < -0.4 is 11.1 Å². The first-order chi connectivity index (χ1) is 9.29. The van der Waals surface area contributed by atoms with Crippen molar-refractivity contribution in [2.45, 2.75) is 17.5 Å². The molecule has 0 amide bonds. The Kier molecular flexibility index (Phi) is 5.18. The van der Waals surface area contributed by atoms with Crippen LogP contribution in [0.5, 0.6) is 0 Å². The third kappa shape index (κ3) is 4.22. The molecule has 1 atom stereocenters. The number of aromatic nitrogens is 2. The predicted molar refractivity (Wildman–Crippen MR) is 80.3 cm³/mol. The van der Waals surface area contributed by atoms with Crippen molar-refractivity contribution >= 4 is 17.6 Å². The highest BCUT2D eigenvalue weighted by atomic mass is 32.2. The van der Waals surface area contributed by atoms with E-state index in [-0.39, 0.29) is 6.04 Å². The zero-order valence-electron chi connectivity index (χ0n) is 10.9. The highest BCUT2D eigenvalue weighted by Crippen LogP contribution is 2.15. The number of benzene rings is 1. The topological polar surface area (TPSA) is 63.8 Å². The molecule has 100 valence electrons. The van der Waals surface area contributed by atoms with Crippen LogP contribution in [0.4, 0.5) is 5.82 Å². The molecule has 0 saturated carbocycles. The summed E-state index contributed by atoms with van der Waals surface area (Å²) >= 11 is 1.60. The quantitative estimate of drug-likeness (QED) is 0.626. The van der Waals surface area contributed by atoms with Crippen LogP contribution in [0.1, 0.15) is 18.0 Å². The van der Waals surface area contributed by atoms with Gasteiger partial charge in [0.15, 0.2) is 0 Å². The molecule has 0 aliphatic heterocycles. The lowest BCUT2D eigenvalue weighted by atomic mass is 10.1. The Balaban J connectivity index is 1.83. The van der Waals surface area contributed by atoms with Crippen LogP contribution >= 0.6 is 11.8 Å². The van der Waals surface area contributed by atoms with E-state index in [1.807, 2.05) is 30.5 Å². The molecule has 0 aliphatic carbocycles. The van der Waals surface area contributed by atoms with E-state index < -0.39 is 0 Å². The number of rotatable bonds is 6. The molecule has 1 aromatic heterocycles. The maximum atomic E-state index is 6.14. The molecule has 0 aliphatic rings. The molecule has 0 spiro atoms. The summed E-state index contributed by atoms with van der Waals surface area (Å²) in [5, 5.41) is 4.24. The lowest BCUT2D eigenvalue weighted by molar-refractivity contribution is 0.674. The lowest BCUT2D eigenvalue weighted by Crippen LogP contribution is -2.15. The first kappa shape index (κ1) is 13.8. The second-order valence-electron chi connectivity index (χ2n) is 4.18. The summed E-state index contributed by atoms with van der Waals surface area (Å²) in [7, 11) is 0. The molecule has 0 bridgehead atoms. The minimum atomic E-state index is 0.0514. The fraction of sp³-hybridized carbons (Fsp3) is 0.286. The Labute approximate surface area is 117 Å². The van der Waals surface area contributed by atoms with E-state index in [2.05, 4.69) is 27.4 Å². The van der Waals surface area contributed by atoms with Crippen molar-refractivity contribution < 1.29 is 0 Å². The van der Waals surface area contributed by atoms with Gasteiger partial charge in [-0.05, 0) is 18.2 Å². The summed E-state index contributed by atoms with van der Waals surface area (Å²) in [6, 6.07) is 12.1. The molecule has 5 heteroatoms. The van der Waals surface area contributed by atoms with Gasteiger partial charge in [0.2, 0.25) is 0 Å². The number of nitrogens with one attached hydrogen (secondary N) is 1. The minimum absolute atomic E-state index is 0.0514. The smallest absolute Gasteiger partial charge is 0.130 e. The first-order valence-corrected chi connectivity index (χ1v) is 7.42. The van der Waals surface area contributed by atoms with Gasteiger partial charge in [0.1, 0.15) is 17.2 Å². The van der Waals surface area contributed by atoms with E-state index in [1.165, 1.54) is 0 Å². The molecule has 0 saturated heterocycles. The van der Waals surface area contributed by atoms with Crippen LogP contribution in [0.25, 0.3) is 0 Å². The predicted octanol–water partition coefficient (Wildman–Crippen LogP) is 2.70. The van der Waals surface area contributed by atoms with E-state index in [0.717, 1.165) is 29.4 Å². The molecule has 0 fully saturated rings. The number of anilines is 1. The van der Waals surface area contributed by atoms with Gasteiger partial charge in [0.25, 0.3) is 0 Å². The Morgan fingerprint density at radius 3 is 2.79 bits per heavy atom. The normalized spacial score (nSPS) is 12.1. The molecule has 1 heterocycles. The van der Waals surface area contributed by atoms with E-state index in [4.69, 9.17) is 5.73 Å². The molecule has 4 nitrogen and oxygen atoms in total. The number of nitrogens with two attached hydrogens (primary N) is 1. The lowest BCUT2D eigenvalue weighted by Gasteiger charge is -2.12. The third-order valence-corrected chi connectivity index (χ3v) is 3.48. The van der Waals surface area contributed by atoms with Crippen LogP contribution in [0, 0.1) is 0 Å². The molecule has 3 N–H and O–H groups in total. The fourth-order valence-corrected chi connectivity index (χ4v) is 2.15. The second kappa shape index (κ2) is 7.11. The summed E-state index contributed by atoms with van der Waals surface area (Å²) in [4.78, 5) is 8.32. The van der Waals surface area contributed by atoms with E-state index in [0.29, 0.717) is 0 Å². The zero-order valence-corrected chi connectivity index (χ0v) is 11.7. The Morgan fingerprint density at radius 2 is 2.05 bits per heavy atom. The van der Waals surface area contributed by atoms with Crippen molar-refractivity contribution in [1.82, 2.24) is 9.97 Å². The van der Waals surface area contributed by atoms with E-state index in [1.54, 1.807) is 18.1 Å². The van der Waals surface area contributed by atoms with Gasteiger partial charge in [-0.25, -0.2) is 9.97 Å². The minimum Gasteiger partial charge on any atom is -0.370 e. The number of hydrogen-bond acceptors (Lipinski definition) is 5. The summed E-state index contributed by atoms with van der Waals surface area (Å²) in [5.41, 5.74) is 7.30. The van der Waals surface area contributed by atoms with E-state index >= 15 is 0 Å². The van der Waals surface area contributed by atoms with Gasteiger partial charge >= 0.3 is 0 Å². The Bertz CT molecular complexity index is 504. The van der Waals surface area contributed by atoms with Crippen LogP contribution in [0.2, 0.25) is 0 Å². The molecular weight excluding hydrogens is 256 g/mol. The Morgan fingerprint density at radius 1 is 1.26 bits per heavy atom.